The van der Waals surface area contributed by atoms with Crippen LogP contribution in [-0.2, 0) is 14.8 Å². The first-order valence-electron chi connectivity index (χ1n) is 7.52. The molecule has 0 aliphatic carbocycles. The van der Waals surface area contributed by atoms with Gasteiger partial charge in [0, 0.05) is 19.0 Å². The first kappa shape index (κ1) is 17.2. The van der Waals surface area contributed by atoms with E-state index >= 15 is 0 Å². The normalized spacial score (nSPS) is 16.0. The van der Waals surface area contributed by atoms with Crippen LogP contribution in [0.15, 0.2) is 28.7 Å². The van der Waals surface area contributed by atoms with Crippen LogP contribution in [0, 0.1) is 0 Å². The Balaban J connectivity index is 2.12. The van der Waals surface area contributed by atoms with Crippen LogP contribution < -0.4 is 13.8 Å². The highest BCUT2D eigenvalue weighted by molar-refractivity contribution is 7.93. The Morgan fingerprint density at radius 3 is 2.48 bits per heavy atom. The molecule has 0 bridgehead atoms. The average Bonchev–Trinajstić information content (AvgIpc) is 3.07. The number of methoxy groups -OCH3 is 1. The van der Waals surface area contributed by atoms with Gasteiger partial charge in [-0.3, -0.25) is 4.79 Å². The predicted molar refractivity (Wildman–Crippen MR) is 89.4 cm³/mol. The molecule has 0 saturated carbocycles. The van der Waals surface area contributed by atoms with E-state index in [1.54, 1.807) is 24.3 Å². The van der Waals surface area contributed by atoms with E-state index < -0.39 is 21.7 Å². The second-order valence-corrected chi connectivity index (χ2v) is 7.49. The van der Waals surface area contributed by atoms with E-state index in [0.29, 0.717) is 17.7 Å². The smallest absolute Gasteiger partial charge is 0.308 e. The molecule has 1 aliphatic heterocycles. The van der Waals surface area contributed by atoms with Gasteiger partial charge in [0.1, 0.15) is 5.75 Å². The summed E-state index contributed by atoms with van der Waals surface area (Å²) in [7, 11) is -2.06. The van der Waals surface area contributed by atoms with Gasteiger partial charge in [-0.2, -0.15) is 0 Å². The average molecular weight is 367 g/mol. The Morgan fingerprint density at radius 1 is 1.28 bits per heavy atom. The maximum Gasteiger partial charge on any atom is 0.308 e. The summed E-state index contributed by atoms with van der Waals surface area (Å²) in [6.07, 6.45) is 0.418. The van der Waals surface area contributed by atoms with Gasteiger partial charge >= 0.3 is 5.97 Å². The zero-order chi connectivity index (χ0) is 18.2. The van der Waals surface area contributed by atoms with Gasteiger partial charge in [0.05, 0.1) is 12.9 Å². The van der Waals surface area contributed by atoms with Crippen LogP contribution in [0.2, 0.25) is 0 Å². The number of carbonyl (C=O) groups excluding carboxylic acids is 1. The third kappa shape index (κ3) is 3.14. The summed E-state index contributed by atoms with van der Waals surface area (Å²) in [6.45, 7) is 1.34. The lowest BCUT2D eigenvalue weighted by Crippen LogP contribution is -2.25. The Morgan fingerprint density at radius 2 is 1.96 bits per heavy atom. The van der Waals surface area contributed by atoms with Gasteiger partial charge < -0.3 is 19.0 Å². The number of hydrogen-bond donors (Lipinski definition) is 1. The van der Waals surface area contributed by atoms with Crippen LogP contribution in [0.3, 0.4) is 0 Å². The molecule has 1 N–H and O–H groups in total. The number of hydrogen-bond acceptors (Lipinski definition) is 7. The van der Waals surface area contributed by atoms with Crippen molar-refractivity contribution in [1.29, 1.82) is 0 Å². The van der Waals surface area contributed by atoms with Crippen molar-refractivity contribution >= 4 is 21.9 Å². The van der Waals surface area contributed by atoms with E-state index in [2.05, 4.69) is 0 Å². The summed E-state index contributed by atoms with van der Waals surface area (Å²) < 4.78 is 41.0. The molecule has 9 heteroatoms. The van der Waals surface area contributed by atoms with Gasteiger partial charge in [-0.05, 0) is 30.7 Å². The van der Waals surface area contributed by atoms with Crippen molar-refractivity contribution in [2.45, 2.75) is 13.3 Å². The number of anilines is 1. The van der Waals surface area contributed by atoms with E-state index in [1.807, 2.05) is 0 Å². The van der Waals surface area contributed by atoms with E-state index in [-0.39, 0.29) is 29.7 Å². The van der Waals surface area contributed by atoms with Crippen molar-refractivity contribution in [2.24, 2.45) is 0 Å². The number of ether oxygens (including phenoxy) is 2. The zero-order valence-electron chi connectivity index (χ0n) is 13.7. The maximum atomic E-state index is 12.2. The molecule has 1 saturated heterocycles. The van der Waals surface area contributed by atoms with Gasteiger partial charge in [-0.1, -0.05) is 0 Å². The molecule has 0 radical (unpaired) electrons. The lowest BCUT2D eigenvalue weighted by atomic mass is 10.1. The standard InChI is InChI=1S/C16H17NO7S/c1-10(18)23-15-13(19)14(11-4-6-12(22-2)7-5-11)24-16(15)17-8-3-9-25(17,20)21/h4-7,19H,3,8-9H2,1-2H3. The molecule has 0 amide bonds. The van der Waals surface area contributed by atoms with Crippen LogP contribution >= 0.6 is 0 Å². The van der Waals surface area contributed by atoms with Gasteiger partial charge in [-0.15, -0.1) is 0 Å². The minimum Gasteiger partial charge on any atom is -0.502 e. The Bertz CT molecular complexity index is 899. The molecule has 1 fully saturated rings. The number of aromatic hydroxyl groups is 1. The van der Waals surface area contributed by atoms with Crippen molar-refractivity contribution in [3.8, 4) is 28.6 Å². The monoisotopic (exact) mass is 367 g/mol. The van der Waals surface area contributed by atoms with Gasteiger partial charge in [0.2, 0.25) is 21.5 Å². The van der Waals surface area contributed by atoms with Crippen molar-refractivity contribution in [1.82, 2.24) is 0 Å². The van der Waals surface area contributed by atoms with E-state index in [9.17, 15) is 18.3 Å². The molecule has 3 rings (SSSR count). The van der Waals surface area contributed by atoms with Crippen molar-refractivity contribution in [2.75, 3.05) is 23.7 Å². The fraction of sp³-hybridized carbons (Fsp3) is 0.312. The summed E-state index contributed by atoms with van der Waals surface area (Å²) >= 11 is 0. The quantitative estimate of drug-likeness (QED) is 0.825. The third-order valence-corrected chi connectivity index (χ3v) is 5.57. The van der Waals surface area contributed by atoms with Crippen molar-refractivity contribution in [3.05, 3.63) is 24.3 Å². The van der Waals surface area contributed by atoms with Crippen LogP contribution in [0.5, 0.6) is 17.2 Å². The number of sulfonamides is 1. The number of benzene rings is 1. The third-order valence-electron chi connectivity index (χ3n) is 3.75. The summed E-state index contributed by atoms with van der Waals surface area (Å²) in [5.41, 5.74) is 0.481. The molecule has 1 aromatic carbocycles. The fourth-order valence-electron chi connectivity index (χ4n) is 2.60. The van der Waals surface area contributed by atoms with Crippen LogP contribution in [0.1, 0.15) is 13.3 Å². The molecular formula is C16H17NO7S. The predicted octanol–water partition coefficient (Wildman–Crippen LogP) is 2.13. The largest absolute Gasteiger partial charge is 0.502 e. The van der Waals surface area contributed by atoms with E-state index in [4.69, 9.17) is 13.9 Å². The SMILES string of the molecule is COc1ccc(-c2oc(N3CCCS3(=O)=O)c(OC(C)=O)c2O)cc1. The summed E-state index contributed by atoms with van der Waals surface area (Å²) in [4.78, 5) is 11.4. The minimum atomic E-state index is -3.58. The molecule has 0 atom stereocenters. The first-order valence-corrected chi connectivity index (χ1v) is 9.13. The molecule has 1 aromatic heterocycles. The highest BCUT2D eigenvalue weighted by Crippen LogP contribution is 2.49. The summed E-state index contributed by atoms with van der Waals surface area (Å²) in [5, 5.41) is 10.4. The van der Waals surface area contributed by atoms with E-state index in [0.717, 1.165) is 11.2 Å². The van der Waals surface area contributed by atoms with Gasteiger partial charge in [0.25, 0.3) is 5.88 Å². The zero-order valence-corrected chi connectivity index (χ0v) is 14.5. The van der Waals surface area contributed by atoms with Gasteiger partial charge in [0.15, 0.2) is 5.76 Å². The highest BCUT2D eigenvalue weighted by atomic mass is 32.2. The maximum absolute atomic E-state index is 12.2. The summed E-state index contributed by atoms with van der Waals surface area (Å²) in [6, 6.07) is 6.60. The molecule has 1 aliphatic rings. The molecular weight excluding hydrogens is 350 g/mol. The number of esters is 1. The number of rotatable bonds is 4. The minimum absolute atomic E-state index is 0.0102. The van der Waals surface area contributed by atoms with Gasteiger partial charge in [-0.25, -0.2) is 12.7 Å². The van der Waals surface area contributed by atoms with Crippen LogP contribution in [-0.4, -0.2) is 38.9 Å². The van der Waals surface area contributed by atoms with E-state index in [1.165, 1.54) is 7.11 Å². The van der Waals surface area contributed by atoms with Crippen molar-refractivity contribution in [3.63, 3.8) is 0 Å². The topological polar surface area (TPSA) is 106 Å². The lowest BCUT2D eigenvalue weighted by molar-refractivity contribution is -0.132. The van der Waals surface area contributed by atoms with Crippen LogP contribution in [0.4, 0.5) is 5.88 Å². The van der Waals surface area contributed by atoms with Crippen molar-refractivity contribution < 1.29 is 32.2 Å². The Labute approximate surface area is 144 Å². The highest BCUT2D eigenvalue weighted by Gasteiger charge is 2.37. The molecule has 0 spiro atoms. The van der Waals surface area contributed by atoms with Crippen LogP contribution in [0.25, 0.3) is 11.3 Å². The molecule has 2 aromatic rings. The lowest BCUT2D eigenvalue weighted by Gasteiger charge is -2.14. The number of nitrogens with zero attached hydrogens (tertiary/aromatic N) is 1. The number of furan rings is 1. The summed E-state index contributed by atoms with van der Waals surface area (Å²) in [5.74, 6) is -1.05. The molecule has 0 unspecified atom stereocenters. The Hall–Kier alpha value is -2.68. The molecule has 134 valence electrons. The second kappa shape index (κ2) is 6.32. The molecule has 2 heterocycles. The Kier molecular flexibility index (Phi) is 4.34. The molecule has 8 nitrogen and oxygen atoms in total. The number of carbonyl (C=O) groups is 1. The second-order valence-electron chi connectivity index (χ2n) is 5.48. The molecule has 25 heavy (non-hydrogen) atoms. The first-order chi connectivity index (χ1) is 11.8. The fourth-order valence-corrected chi connectivity index (χ4v) is 4.10.